The van der Waals surface area contributed by atoms with Gasteiger partial charge in [0, 0.05) is 32.0 Å². The summed E-state index contributed by atoms with van der Waals surface area (Å²) >= 11 is 0. The highest BCUT2D eigenvalue weighted by Crippen LogP contribution is 2.26. The molecule has 0 bridgehead atoms. The lowest BCUT2D eigenvalue weighted by atomic mass is 10.1. The molecular formula is C18H25N7O3. The number of carbonyl (C=O) groups excluding carboxylic acids is 2. The Kier molecular flexibility index (Phi) is 5.12. The van der Waals surface area contributed by atoms with E-state index in [2.05, 4.69) is 25.8 Å². The SMILES string of the molecule is Cc1nn(C2CCOCC2)c(C)c1C(=O)Nc1n[nH]nc1C(=O)N1CCCC1. The summed E-state index contributed by atoms with van der Waals surface area (Å²) in [4.78, 5) is 27.3. The lowest BCUT2D eigenvalue weighted by Gasteiger charge is -2.23. The van der Waals surface area contributed by atoms with E-state index in [1.54, 1.807) is 4.90 Å². The number of hydrogen-bond donors (Lipinski definition) is 2. The molecule has 28 heavy (non-hydrogen) atoms. The van der Waals surface area contributed by atoms with Gasteiger partial charge in [0.1, 0.15) is 0 Å². The van der Waals surface area contributed by atoms with Crippen molar-refractivity contribution in [1.29, 1.82) is 0 Å². The predicted molar refractivity (Wildman–Crippen MR) is 100 cm³/mol. The van der Waals surface area contributed by atoms with Crippen LogP contribution in [0.2, 0.25) is 0 Å². The van der Waals surface area contributed by atoms with Crippen molar-refractivity contribution in [3.63, 3.8) is 0 Å². The zero-order valence-electron chi connectivity index (χ0n) is 16.2. The lowest BCUT2D eigenvalue weighted by Crippen LogP contribution is -2.29. The molecule has 2 saturated heterocycles. The molecule has 4 heterocycles. The summed E-state index contributed by atoms with van der Waals surface area (Å²) < 4.78 is 7.34. The van der Waals surface area contributed by atoms with Gasteiger partial charge in [-0.15, -0.1) is 10.2 Å². The normalized spacial score (nSPS) is 17.9. The highest BCUT2D eigenvalue weighted by atomic mass is 16.5. The molecule has 150 valence electrons. The molecule has 2 N–H and O–H groups in total. The number of aromatic amines is 1. The van der Waals surface area contributed by atoms with Gasteiger partial charge in [0.15, 0.2) is 11.5 Å². The number of nitrogens with zero attached hydrogens (tertiary/aromatic N) is 5. The van der Waals surface area contributed by atoms with Crippen molar-refractivity contribution in [2.45, 2.75) is 45.6 Å². The summed E-state index contributed by atoms with van der Waals surface area (Å²) in [5, 5.41) is 17.7. The zero-order valence-corrected chi connectivity index (χ0v) is 16.2. The van der Waals surface area contributed by atoms with Crippen molar-refractivity contribution >= 4 is 17.6 Å². The Hall–Kier alpha value is -2.75. The zero-order chi connectivity index (χ0) is 19.7. The van der Waals surface area contributed by atoms with Gasteiger partial charge in [0.25, 0.3) is 11.8 Å². The number of aryl methyl sites for hydroxylation is 1. The molecule has 2 fully saturated rings. The van der Waals surface area contributed by atoms with Gasteiger partial charge in [-0.2, -0.15) is 10.3 Å². The minimum atomic E-state index is -0.335. The summed E-state index contributed by atoms with van der Waals surface area (Å²) in [6.07, 6.45) is 3.71. The fourth-order valence-electron chi connectivity index (χ4n) is 3.98. The Morgan fingerprint density at radius 3 is 2.57 bits per heavy atom. The molecule has 2 aliphatic heterocycles. The van der Waals surface area contributed by atoms with Crippen LogP contribution in [-0.4, -0.2) is 68.2 Å². The number of nitrogens with one attached hydrogen (secondary N) is 2. The standard InChI is InChI=1S/C18H25N7O3/c1-11-14(12(2)25(22-11)13-5-9-28-10-6-13)17(26)19-16-15(20-23-21-16)18(27)24-7-3-4-8-24/h13H,3-10H2,1-2H3,(H2,19,20,21,23,26). The van der Waals surface area contributed by atoms with Gasteiger partial charge in [-0.1, -0.05) is 0 Å². The summed E-state index contributed by atoms with van der Waals surface area (Å²) in [7, 11) is 0. The molecule has 0 unspecified atom stereocenters. The van der Waals surface area contributed by atoms with Crippen LogP contribution in [0, 0.1) is 13.8 Å². The predicted octanol–water partition coefficient (Wildman–Crippen LogP) is 1.46. The molecular weight excluding hydrogens is 362 g/mol. The first-order chi connectivity index (χ1) is 13.6. The van der Waals surface area contributed by atoms with E-state index < -0.39 is 0 Å². The first-order valence-electron chi connectivity index (χ1n) is 9.71. The molecule has 10 nitrogen and oxygen atoms in total. The summed E-state index contributed by atoms with van der Waals surface area (Å²) in [5.74, 6) is -0.398. The Bertz CT molecular complexity index is 876. The molecule has 0 aliphatic carbocycles. The number of carbonyl (C=O) groups is 2. The second-order valence-corrected chi connectivity index (χ2v) is 7.31. The first kappa shape index (κ1) is 18.6. The van der Waals surface area contributed by atoms with Crippen LogP contribution in [0.3, 0.4) is 0 Å². The van der Waals surface area contributed by atoms with Crippen LogP contribution >= 0.6 is 0 Å². The number of hydrogen-bond acceptors (Lipinski definition) is 6. The van der Waals surface area contributed by atoms with Crippen molar-refractivity contribution in [3.8, 4) is 0 Å². The molecule has 10 heteroatoms. The minimum Gasteiger partial charge on any atom is -0.381 e. The maximum absolute atomic E-state index is 13.0. The van der Waals surface area contributed by atoms with Gasteiger partial charge in [-0.25, -0.2) is 0 Å². The van der Waals surface area contributed by atoms with Crippen molar-refractivity contribution in [2.75, 3.05) is 31.6 Å². The van der Waals surface area contributed by atoms with Crippen LogP contribution < -0.4 is 5.32 Å². The monoisotopic (exact) mass is 387 g/mol. The number of amides is 2. The van der Waals surface area contributed by atoms with Gasteiger partial charge < -0.3 is 15.0 Å². The lowest BCUT2D eigenvalue weighted by molar-refractivity contribution is 0.0655. The van der Waals surface area contributed by atoms with E-state index >= 15 is 0 Å². The molecule has 2 aliphatic rings. The maximum atomic E-state index is 13.0. The largest absolute Gasteiger partial charge is 0.381 e. The molecule has 0 radical (unpaired) electrons. The number of rotatable bonds is 4. The number of aromatic nitrogens is 5. The van der Waals surface area contributed by atoms with E-state index in [1.807, 2.05) is 18.5 Å². The Morgan fingerprint density at radius 1 is 1.14 bits per heavy atom. The topological polar surface area (TPSA) is 118 Å². The summed E-state index contributed by atoms with van der Waals surface area (Å²) in [6.45, 7) is 6.52. The summed E-state index contributed by atoms with van der Waals surface area (Å²) in [6, 6.07) is 0.230. The van der Waals surface area contributed by atoms with Gasteiger partial charge in [-0.05, 0) is 39.5 Å². The average Bonchev–Trinajstić information content (AvgIpc) is 3.43. The molecule has 2 amide bonds. The van der Waals surface area contributed by atoms with Crippen LogP contribution in [0.1, 0.15) is 64.0 Å². The third-order valence-electron chi connectivity index (χ3n) is 5.46. The molecule has 0 spiro atoms. The highest BCUT2D eigenvalue weighted by Gasteiger charge is 2.28. The van der Waals surface area contributed by atoms with Crippen LogP contribution in [0.5, 0.6) is 0 Å². The number of ether oxygens (including phenoxy) is 1. The Labute approximate surface area is 162 Å². The van der Waals surface area contributed by atoms with Crippen molar-refractivity contribution in [3.05, 3.63) is 22.6 Å². The van der Waals surface area contributed by atoms with Crippen LogP contribution in [0.15, 0.2) is 0 Å². The van der Waals surface area contributed by atoms with E-state index in [4.69, 9.17) is 4.74 Å². The second-order valence-electron chi connectivity index (χ2n) is 7.31. The van der Waals surface area contributed by atoms with Crippen molar-refractivity contribution in [1.82, 2.24) is 30.1 Å². The van der Waals surface area contributed by atoms with E-state index in [1.165, 1.54) is 0 Å². The van der Waals surface area contributed by atoms with Gasteiger partial charge in [-0.3, -0.25) is 14.3 Å². The van der Waals surface area contributed by atoms with Crippen LogP contribution in [0.25, 0.3) is 0 Å². The van der Waals surface area contributed by atoms with Crippen molar-refractivity contribution in [2.24, 2.45) is 0 Å². The number of anilines is 1. The molecule has 0 atom stereocenters. The number of H-pyrrole nitrogens is 1. The van der Waals surface area contributed by atoms with Gasteiger partial charge in [0.05, 0.1) is 17.3 Å². The van der Waals surface area contributed by atoms with Crippen molar-refractivity contribution < 1.29 is 14.3 Å². The molecule has 0 saturated carbocycles. The quantitative estimate of drug-likeness (QED) is 0.820. The Balaban J connectivity index is 1.54. The van der Waals surface area contributed by atoms with E-state index in [0.717, 1.165) is 31.4 Å². The fraction of sp³-hybridized carbons (Fsp3) is 0.611. The molecule has 0 aromatic carbocycles. The minimum absolute atomic E-state index is 0.141. The molecule has 2 aromatic heterocycles. The molecule has 2 aromatic rings. The fourth-order valence-corrected chi connectivity index (χ4v) is 3.98. The number of likely N-dealkylation sites (tertiary alicyclic amines) is 1. The first-order valence-corrected chi connectivity index (χ1v) is 9.71. The third kappa shape index (κ3) is 3.39. The van der Waals surface area contributed by atoms with Gasteiger partial charge in [0.2, 0.25) is 0 Å². The third-order valence-corrected chi connectivity index (χ3v) is 5.46. The summed E-state index contributed by atoms with van der Waals surface area (Å²) in [5.41, 5.74) is 2.10. The van der Waals surface area contributed by atoms with Gasteiger partial charge >= 0.3 is 0 Å². The van der Waals surface area contributed by atoms with E-state index in [0.29, 0.717) is 37.6 Å². The van der Waals surface area contributed by atoms with E-state index in [-0.39, 0.29) is 29.4 Å². The average molecular weight is 387 g/mol. The van der Waals surface area contributed by atoms with Crippen LogP contribution in [-0.2, 0) is 4.74 Å². The highest BCUT2D eigenvalue weighted by molar-refractivity contribution is 6.08. The van der Waals surface area contributed by atoms with E-state index in [9.17, 15) is 9.59 Å². The van der Waals surface area contributed by atoms with Crippen LogP contribution in [0.4, 0.5) is 5.82 Å². The molecule has 4 rings (SSSR count). The second kappa shape index (κ2) is 7.70. The Morgan fingerprint density at radius 2 is 1.86 bits per heavy atom. The maximum Gasteiger partial charge on any atom is 0.278 e. The smallest absolute Gasteiger partial charge is 0.278 e.